The van der Waals surface area contributed by atoms with Gasteiger partial charge >= 0.3 is 0 Å². The topological polar surface area (TPSA) is 52.7 Å². The van der Waals surface area contributed by atoms with Gasteiger partial charge in [0.1, 0.15) is 0 Å². The summed E-state index contributed by atoms with van der Waals surface area (Å²) < 4.78 is 0. The Kier molecular flexibility index (Phi) is 6.96. The number of hydrogen-bond acceptors (Lipinski definition) is 3. The fraction of sp³-hybridized carbons (Fsp3) is 0.905. The molecule has 148 valence electrons. The summed E-state index contributed by atoms with van der Waals surface area (Å²) in [7, 11) is 0. The highest BCUT2D eigenvalue weighted by molar-refractivity contribution is 5.89. The van der Waals surface area contributed by atoms with Crippen molar-refractivity contribution >= 4 is 11.8 Å². The van der Waals surface area contributed by atoms with Gasteiger partial charge in [-0.1, -0.05) is 32.1 Å². The zero-order chi connectivity index (χ0) is 18.5. The van der Waals surface area contributed by atoms with Gasteiger partial charge in [-0.15, -0.1) is 0 Å². The van der Waals surface area contributed by atoms with Crippen LogP contribution in [-0.2, 0) is 9.59 Å². The number of piperidine rings is 1. The average molecular weight is 364 g/mol. The predicted octanol–water partition coefficient (Wildman–Crippen LogP) is 2.94. The van der Waals surface area contributed by atoms with Gasteiger partial charge in [0.05, 0.1) is 5.92 Å². The maximum atomic E-state index is 12.6. The SMILES string of the molecule is CC1CCCC(C)N1CCNC(=O)C1CC(=O)N(C2CCCCCC2)C1. The molecule has 2 aliphatic heterocycles. The maximum absolute atomic E-state index is 12.6. The second-order valence-corrected chi connectivity index (χ2v) is 8.75. The highest BCUT2D eigenvalue weighted by Crippen LogP contribution is 2.28. The first-order valence-corrected chi connectivity index (χ1v) is 10.9. The number of hydrogen-bond donors (Lipinski definition) is 1. The van der Waals surface area contributed by atoms with E-state index in [1.165, 1.54) is 44.9 Å². The van der Waals surface area contributed by atoms with Gasteiger partial charge in [0.15, 0.2) is 0 Å². The number of likely N-dealkylation sites (tertiary alicyclic amines) is 2. The minimum absolute atomic E-state index is 0.0757. The summed E-state index contributed by atoms with van der Waals surface area (Å²) in [4.78, 5) is 29.6. The zero-order valence-electron chi connectivity index (χ0n) is 16.7. The maximum Gasteiger partial charge on any atom is 0.225 e. The number of amides is 2. The van der Waals surface area contributed by atoms with Crippen molar-refractivity contribution in [2.45, 2.75) is 96.2 Å². The van der Waals surface area contributed by atoms with Crippen molar-refractivity contribution < 1.29 is 9.59 Å². The number of nitrogens with one attached hydrogen (secondary N) is 1. The fourth-order valence-electron chi connectivity index (χ4n) is 5.20. The Morgan fingerprint density at radius 1 is 1.00 bits per heavy atom. The summed E-state index contributed by atoms with van der Waals surface area (Å²) >= 11 is 0. The first-order chi connectivity index (χ1) is 12.6. The Labute approximate surface area is 158 Å². The molecule has 5 heteroatoms. The molecule has 2 saturated heterocycles. The Hall–Kier alpha value is -1.10. The molecule has 3 rings (SSSR count). The molecule has 0 aromatic heterocycles. The van der Waals surface area contributed by atoms with Crippen molar-refractivity contribution in [3.05, 3.63) is 0 Å². The molecule has 1 saturated carbocycles. The van der Waals surface area contributed by atoms with Crippen molar-refractivity contribution in [2.24, 2.45) is 5.92 Å². The summed E-state index contributed by atoms with van der Waals surface area (Å²) in [5, 5.41) is 3.11. The third kappa shape index (κ3) is 4.79. The first-order valence-electron chi connectivity index (χ1n) is 10.9. The van der Waals surface area contributed by atoms with E-state index in [0.29, 0.717) is 37.6 Å². The van der Waals surface area contributed by atoms with Gasteiger partial charge in [-0.2, -0.15) is 0 Å². The van der Waals surface area contributed by atoms with Crippen LogP contribution in [0.5, 0.6) is 0 Å². The predicted molar refractivity (Wildman–Crippen MR) is 104 cm³/mol. The standard InChI is InChI=1S/C21H37N3O2/c1-16-8-7-9-17(2)23(16)13-12-22-21(26)18-14-20(25)24(15-18)19-10-5-3-4-6-11-19/h16-19H,3-15H2,1-2H3,(H,22,26). The molecule has 5 nitrogen and oxygen atoms in total. The molecule has 3 atom stereocenters. The molecular weight excluding hydrogens is 326 g/mol. The van der Waals surface area contributed by atoms with Crippen LogP contribution in [0.1, 0.15) is 78.1 Å². The van der Waals surface area contributed by atoms with Gasteiger partial charge in [-0.25, -0.2) is 0 Å². The number of carbonyl (C=O) groups is 2. The van der Waals surface area contributed by atoms with E-state index in [9.17, 15) is 9.59 Å². The van der Waals surface area contributed by atoms with Crippen molar-refractivity contribution in [2.75, 3.05) is 19.6 Å². The summed E-state index contributed by atoms with van der Waals surface area (Å²) in [5.74, 6) is 0.115. The quantitative estimate of drug-likeness (QED) is 0.764. The third-order valence-corrected chi connectivity index (χ3v) is 6.84. The fourth-order valence-corrected chi connectivity index (χ4v) is 5.20. The summed E-state index contributed by atoms with van der Waals surface area (Å²) in [6.45, 7) is 6.82. The summed E-state index contributed by atoms with van der Waals surface area (Å²) in [6, 6.07) is 1.58. The van der Waals surface area contributed by atoms with Crippen LogP contribution in [0.15, 0.2) is 0 Å². The lowest BCUT2D eigenvalue weighted by atomic mass is 9.97. The molecule has 26 heavy (non-hydrogen) atoms. The van der Waals surface area contributed by atoms with Crippen LogP contribution in [0.3, 0.4) is 0 Å². The van der Waals surface area contributed by atoms with Gasteiger partial charge in [-0.3, -0.25) is 14.5 Å². The van der Waals surface area contributed by atoms with Gasteiger partial charge < -0.3 is 10.2 Å². The van der Waals surface area contributed by atoms with Crippen molar-refractivity contribution in [1.29, 1.82) is 0 Å². The molecule has 0 bridgehead atoms. The summed E-state index contributed by atoms with van der Waals surface area (Å²) in [5.41, 5.74) is 0. The second-order valence-electron chi connectivity index (χ2n) is 8.75. The van der Waals surface area contributed by atoms with Gasteiger partial charge in [0, 0.05) is 44.2 Å². The van der Waals surface area contributed by atoms with Crippen molar-refractivity contribution in [1.82, 2.24) is 15.1 Å². The number of carbonyl (C=O) groups excluding carboxylic acids is 2. The molecule has 2 heterocycles. The third-order valence-electron chi connectivity index (χ3n) is 6.84. The highest BCUT2D eigenvalue weighted by atomic mass is 16.2. The van der Waals surface area contributed by atoms with Crippen LogP contribution in [0, 0.1) is 5.92 Å². The van der Waals surface area contributed by atoms with E-state index in [0.717, 1.165) is 19.4 Å². The van der Waals surface area contributed by atoms with E-state index >= 15 is 0 Å². The van der Waals surface area contributed by atoms with Crippen LogP contribution in [0.2, 0.25) is 0 Å². The molecule has 3 fully saturated rings. The summed E-state index contributed by atoms with van der Waals surface area (Å²) in [6.07, 6.45) is 11.5. The van der Waals surface area contributed by atoms with E-state index < -0.39 is 0 Å². The molecular formula is C21H37N3O2. The lowest BCUT2D eigenvalue weighted by Gasteiger charge is -2.39. The normalized spacial score (nSPS) is 31.8. The van der Waals surface area contributed by atoms with Crippen LogP contribution in [0.25, 0.3) is 0 Å². The second kappa shape index (κ2) is 9.20. The molecule has 3 aliphatic rings. The van der Waals surface area contributed by atoms with Crippen LogP contribution < -0.4 is 5.32 Å². The molecule has 0 radical (unpaired) electrons. The van der Waals surface area contributed by atoms with E-state index in [2.05, 4.69) is 24.1 Å². The Morgan fingerprint density at radius 2 is 1.65 bits per heavy atom. The van der Waals surface area contributed by atoms with Crippen molar-refractivity contribution in [3.8, 4) is 0 Å². The zero-order valence-corrected chi connectivity index (χ0v) is 16.7. The van der Waals surface area contributed by atoms with Crippen LogP contribution in [-0.4, -0.2) is 59.4 Å². The highest BCUT2D eigenvalue weighted by Gasteiger charge is 2.37. The monoisotopic (exact) mass is 363 g/mol. The van der Waals surface area contributed by atoms with E-state index in [-0.39, 0.29) is 17.7 Å². The minimum Gasteiger partial charge on any atom is -0.355 e. The number of rotatable bonds is 5. The van der Waals surface area contributed by atoms with Crippen LogP contribution in [0.4, 0.5) is 0 Å². The molecule has 0 aromatic carbocycles. The van der Waals surface area contributed by atoms with Gasteiger partial charge in [0.25, 0.3) is 0 Å². The Morgan fingerprint density at radius 3 is 2.31 bits per heavy atom. The molecule has 1 aliphatic carbocycles. The molecule has 2 amide bonds. The average Bonchev–Trinajstić information content (AvgIpc) is 2.82. The van der Waals surface area contributed by atoms with Gasteiger partial charge in [0.2, 0.25) is 11.8 Å². The lowest BCUT2D eigenvalue weighted by molar-refractivity contribution is -0.130. The molecule has 0 spiro atoms. The molecule has 1 N–H and O–H groups in total. The number of nitrogens with zero attached hydrogens (tertiary/aromatic N) is 2. The Balaban J connectivity index is 1.44. The molecule has 3 unspecified atom stereocenters. The van der Waals surface area contributed by atoms with Crippen molar-refractivity contribution in [3.63, 3.8) is 0 Å². The molecule has 0 aromatic rings. The van der Waals surface area contributed by atoms with E-state index in [4.69, 9.17) is 0 Å². The van der Waals surface area contributed by atoms with E-state index in [1.54, 1.807) is 0 Å². The van der Waals surface area contributed by atoms with E-state index in [1.807, 2.05) is 4.90 Å². The first kappa shape index (κ1) is 19.7. The smallest absolute Gasteiger partial charge is 0.225 e. The largest absolute Gasteiger partial charge is 0.355 e. The van der Waals surface area contributed by atoms with Crippen LogP contribution >= 0.6 is 0 Å². The lowest BCUT2D eigenvalue weighted by Crippen LogP contribution is -2.47. The Bertz CT molecular complexity index is 478. The minimum atomic E-state index is -0.151. The van der Waals surface area contributed by atoms with Gasteiger partial charge in [-0.05, 0) is 39.5 Å².